The van der Waals surface area contributed by atoms with E-state index in [2.05, 4.69) is 5.32 Å². The lowest BCUT2D eigenvalue weighted by Crippen LogP contribution is -2.76. The van der Waals surface area contributed by atoms with Crippen molar-refractivity contribution in [3.8, 4) is 5.75 Å². The molecule has 3 rings (SSSR count). The molecule has 0 fully saturated rings. The highest BCUT2D eigenvalue weighted by Crippen LogP contribution is 2.27. The van der Waals surface area contributed by atoms with Gasteiger partial charge in [-0.2, -0.15) is 0 Å². The first-order valence-corrected chi connectivity index (χ1v) is 9.20. The highest BCUT2D eigenvalue weighted by atomic mass is 32.1. The lowest BCUT2D eigenvalue weighted by atomic mass is 10.1. The predicted octanol–water partition coefficient (Wildman–Crippen LogP) is 1.45. The number of thiophene rings is 1. The maximum Gasteiger partial charge on any atom is 0.291 e. The lowest BCUT2D eigenvalue weighted by molar-refractivity contribution is -0.480. The van der Waals surface area contributed by atoms with Gasteiger partial charge in [0.15, 0.2) is 17.1 Å². The molecular weight excluding hydrogens is 366 g/mol. The van der Waals surface area contributed by atoms with E-state index in [4.69, 9.17) is 0 Å². The molecule has 0 spiro atoms. The molecule has 1 amide bonds. The summed E-state index contributed by atoms with van der Waals surface area (Å²) in [5.74, 6) is -0.570. The zero-order chi connectivity index (χ0) is 19.7. The summed E-state index contributed by atoms with van der Waals surface area (Å²) in [6, 6.07) is 8.45. The van der Waals surface area contributed by atoms with Crippen molar-refractivity contribution in [3.63, 3.8) is 0 Å². The molecule has 8 heteroatoms. The van der Waals surface area contributed by atoms with Crippen molar-refractivity contribution in [1.82, 2.24) is 4.90 Å². The van der Waals surface area contributed by atoms with Gasteiger partial charge in [0.05, 0.1) is 11.6 Å². The van der Waals surface area contributed by atoms with Crippen LogP contribution in [0.25, 0.3) is 0 Å². The molecule has 0 unspecified atom stereocenters. The molecule has 4 N–H and O–H groups in total. The fourth-order valence-corrected chi connectivity index (χ4v) is 3.50. The average molecular weight is 386 g/mol. The minimum absolute atomic E-state index is 0.129. The maximum atomic E-state index is 12.2. The molecule has 3 aromatic rings. The van der Waals surface area contributed by atoms with Crippen LogP contribution in [0.1, 0.15) is 28.2 Å². The van der Waals surface area contributed by atoms with E-state index >= 15 is 0 Å². The van der Waals surface area contributed by atoms with Crippen LogP contribution in [-0.4, -0.2) is 30.0 Å². The van der Waals surface area contributed by atoms with Crippen molar-refractivity contribution in [2.45, 2.75) is 13.0 Å². The Balaban J connectivity index is 1.89. The fraction of sp³-hybridized carbons (Fsp3) is 0.211. The molecule has 1 heterocycles. The summed E-state index contributed by atoms with van der Waals surface area (Å²) in [5.41, 5.74) is -0.322. The number of quaternary nitrogens is 1. The summed E-state index contributed by atoms with van der Waals surface area (Å²) >= 11 is 1.55. The first-order chi connectivity index (χ1) is 12.8. The van der Waals surface area contributed by atoms with Gasteiger partial charge in [-0.05, 0) is 24.4 Å². The molecule has 0 aliphatic rings. The van der Waals surface area contributed by atoms with Crippen LogP contribution in [-0.2, 0) is 0 Å². The quantitative estimate of drug-likeness (QED) is 0.338. The third-order valence-corrected chi connectivity index (χ3v) is 5.34. The second-order valence-electron chi connectivity index (χ2n) is 6.42. The molecule has 2 aromatic carbocycles. The fourth-order valence-electron chi connectivity index (χ4n) is 2.76. The Morgan fingerprint density at radius 1 is 1.19 bits per heavy atom. The van der Waals surface area contributed by atoms with Crippen LogP contribution in [0.2, 0.25) is 0 Å². The second-order valence-corrected chi connectivity index (χ2v) is 7.39. The normalized spacial score (nSPS) is 12.1. The third-order valence-electron chi connectivity index (χ3n) is 4.28. The van der Waals surface area contributed by atoms with E-state index in [1.165, 1.54) is 16.3 Å². The van der Waals surface area contributed by atoms with Crippen LogP contribution < -0.4 is 21.5 Å². The van der Waals surface area contributed by atoms with E-state index in [1.807, 2.05) is 24.4 Å². The molecule has 7 nitrogen and oxygen atoms in total. The van der Waals surface area contributed by atoms with Crippen LogP contribution in [0.15, 0.2) is 45.3 Å². The molecule has 0 aliphatic heterocycles. The van der Waals surface area contributed by atoms with Gasteiger partial charge in [0.1, 0.15) is 0 Å². The molecule has 1 aromatic heterocycles. The summed E-state index contributed by atoms with van der Waals surface area (Å²) < 4.78 is 0. The topological polar surface area (TPSA) is 103 Å². The first kappa shape index (κ1) is 18.8. The number of rotatable bonds is 6. The minimum atomic E-state index is -0.611. The largest absolute Gasteiger partial charge is 0.502 e. The van der Waals surface area contributed by atoms with Crippen LogP contribution in [0, 0.1) is 0 Å². The minimum Gasteiger partial charge on any atom is -0.502 e. The highest BCUT2D eigenvalue weighted by molar-refractivity contribution is 7.10. The molecule has 0 radical (unpaired) electrons. The summed E-state index contributed by atoms with van der Waals surface area (Å²) in [5, 5.41) is 16.9. The Bertz CT molecular complexity index is 1050. The van der Waals surface area contributed by atoms with E-state index in [0.29, 0.717) is 5.69 Å². The SMILES string of the molecule is C[C@@H](Nc1c([NH2+]c2cccc(C(=O)N(C)C)c2O)c(=O)c1=O)c1cccs1. The number of carbonyl (C=O) groups excluding carboxylic acids is 1. The van der Waals surface area contributed by atoms with E-state index < -0.39 is 10.9 Å². The van der Waals surface area contributed by atoms with Gasteiger partial charge in [0.25, 0.3) is 16.8 Å². The van der Waals surface area contributed by atoms with Gasteiger partial charge in [-0.25, -0.2) is 0 Å². The molecule has 1 atom stereocenters. The number of carbonyl (C=O) groups is 1. The molecule has 27 heavy (non-hydrogen) atoms. The van der Waals surface area contributed by atoms with Gasteiger partial charge in [-0.3, -0.25) is 19.7 Å². The number of phenols is 1. The standard InChI is InChI=1S/C19H19N3O4S/c1-10(13-8-5-9-27-13)20-14-15(18(25)17(14)24)21-12-7-4-6-11(16(12)23)19(26)22(2)3/h4-10,20-21,23H,1-3H3/p+1/t10-/m1/s1. The third kappa shape index (κ3) is 3.49. The Labute approximate surface area is 159 Å². The van der Waals surface area contributed by atoms with E-state index in [1.54, 1.807) is 37.6 Å². The second kappa shape index (κ2) is 7.34. The molecule has 140 valence electrons. The number of benzene rings is 1. The Morgan fingerprint density at radius 2 is 1.93 bits per heavy atom. The van der Waals surface area contributed by atoms with Gasteiger partial charge in [-0.15, -0.1) is 11.3 Å². The molecule has 0 saturated carbocycles. The van der Waals surface area contributed by atoms with Crippen LogP contribution in [0.3, 0.4) is 0 Å². The molecule has 0 aliphatic carbocycles. The van der Waals surface area contributed by atoms with Crippen LogP contribution in [0.5, 0.6) is 5.75 Å². The monoisotopic (exact) mass is 386 g/mol. The number of nitrogens with zero attached hydrogens (tertiary/aromatic N) is 1. The average Bonchev–Trinajstić information content (AvgIpc) is 3.19. The molecule has 0 saturated heterocycles. The zero-order valence-electron chi connectivity index (χ0n) is 15.1. The lowest BCUT2D eigenvalue weighted by Gasteiger charge is -2.17. The number of hydrogen-bond acceptors (Lipinski definition) is 6. The van der Waals surface area contributed by atoms with Gasteiger partial charge >= 0.3 is 0 Å². The number of anilines is 1. The van der Waals surface area contributed by atoms with E-state index in [0.717, 1.165) is 4.88 Å². The number of amides is 1. The van der Waals surface area contributed by atoms with Crippen molar-refractivity contribution in [1.29, 1.82) is 0 Å². The zero-order valence-corrected chi connectivity index (χ0v) is 16.0. The van der Waals surface area contributed by atoms with Crippen molar-refractivity contribution in [2.75, 3.05) is 19.4 Å². The van der Waals surface area contributed by atoms with Crippen molar-refractivity contribution < 1.29 is 15.2 Å². The van der Waals surface area contributed by atoms with Crippen LogP contribution in [0.4, 0.5) is 17.1 Å². The number of phenolic OH excluding ortho intramolecular Hbond substituents is 1. The predicted molar refractivity (Wildman–Crippen MR) is 105 cm³/mol. The van der Waals surface area contributed by atoms with E-state index in [9.17, 15) is 19.5 Å². The van der Waals surface area contributed by atoms with E-state index in [-0.39, 0.29) is 34.6 Å². The maximum absolute atomic E-state index is 12.2. The van der Waals surface area contributed by atoms with Crippen LogP contribution >= 0.6 is 11.3 Å². The first-order valence-electron chi connectivity index (χ1n) is 8.33. The van der Waals surface area contributed by atoms with Crippen molar-refractivity contribution in [3.05, 3.63) is 66.6 Å². The molecular formula is C19H20N3O4S+. The Morgan fingerprint density at radius 3 is 2.56 bits per heavy atom. The van der Waals surface area contributed by atoms with Gasteiger partial charge < -0.3 is 15.3 Å². The van der Waals surface area contributed by atoms with Gasteiger partial charge in [0.2, 0.25) is 5.69 Å². The Kier molecular flexibility index (Phi) is 5.11. The summed E-state index contributed by atoms with van der Waals surface area (Å²) in [4.78, 5) is 38.6. The molecule has 0 bridgehead atoms. The smallest absolute Gasteiger partial charge is 0.291 e. The van der Waals surface area contributed by atoms with Gasteiger partial charge in [-0.1, -0.05) is 12.1 Å². The van der Waals surface area contributed by atoms with Gasteiger partial charge in [0, 0.05) is 25.0 Å². The number of aromatic hydroxyl groups is 1. The summed E-state index contributed by atoms with van der Waals surface area (Å²) in [6.07, 6.45) is 0. The summed E-state index contributed by atoms with van der Waals surface area (Å²) in [7, 11) is 3.17. The van der Waals surface area contributed by atoms with Crippen molar-refractivity contribution in [2.24, 2.45) is 0 Å². The number of nitrogens with one attached hydrogen (secondary N) is 1. The number of hydrogen-bond donors (Lipinski definition) is 3. The number of para-hydroxylation sites is 1. The Hall–Kier alpha value is -2.97. The summed E-state index contributed by atoms with van der Waals surface area (Å²) in [6.45, 7) is 1.90. The highest BCUT2D eigenvalue weighted by Gasteiger charge is 2.29. The van der Waals surface area contributed by atoms with Crippen molar-refractivity contribution >= 4 is 34.3 Å². The number of nitrogens with two attached hydrogens (primary N) is 1.